The Morgan fingerprint density at radius 1 is 1.04 bits per heavy atom. The van der Waals surface area contributed by atoms with Crippen molar-refractivity contribution >= 4 is 0 Å². The van der Waals surface area contributed by atoms with Gasteiger partial charge in [-0.15, -0.1) is 0 Å². The number of H-pyrrole nitrogens is 1. The number of hydrogen-bond acceptors (Lipinski definition) is 3. The van der Waals surface area contributed by atoms with E-state index < -0.39 is 0 Å². The fraction of sp³-hybridized carbons (Fsp3) is 0.348. The van der Waals surface area contributed by atoms with E-state index in [4.69, 9.17) is 4.74 Å². The molecule has 4 nitrogen and oxygen atoms in total. The number of nitrogens with one attached hydrogen (secondary N) is 2. The minimum absolute atomic E-state index is 0.0393. The van der Waals surface area contributed by atoms with E-state index in [0.29, 0.717) is 6.04 Å². The fourth-order valence-corrected chi connectivity index (χ4v) is 3.82. The first-order valence-electron chi connectivity index (χ1n) is 9.66. The SMILES string of the molecule is CC1(C)CC(NCc2cn[nH]c2-c2ccc(-c3ccccc3)cc2)CCO1. The molecule has 3 aromatic rings. The molecule has 27 heavy (non-hydrogen) atoms. The van der Waals surface area contributed by atoms with Crippen LogP contribution in [-0.2, 0) is 11.3 Å². The third kappa shape index (κ3) is 4.29. The first kappa shape index (κ1) is 18.0. The molecule has 1 fully saturated rings. The predicted molar refractivity (Wildman–Crippen MR) is 109 cm³/mol. The summed E-state index contributed by atoms with van der Waals surface area (Å²) in [6.07, 6.45) is 4.02. The predicted octanol–water partition coefficient (Wildman–Crippen LogP) is 4.79. The molecule has 1 unspecified atom stereocenters. The van der Waals surface area contributed by atoms with Gasteiger partial charge in [-0.1, -0.05) is 54.6 Å². The average Bonchev–Trinajstić information content (AvgIpc) is 3.15. The maximum absolute atomic E-state index is 5.81. The zero-order valence-corrected chi connectivity index (χ0v) is 16.0. The Kier molecular flexibility index (Phi) is 5.10. The van der Waals surface area contributed by atoms with E-state index in [1.54, 1.807) is 0 Å². The normalized spacial score (nSPS) is 19.1. The van der Waals surface area contributed by atoms with E-state index in [-0.39, 0.29) is 5.60 Å². The monoisotopic (exact) mass is 361 g/mol. The molecule has 1 saturated heterocycles. The molecule has 1 aromatic heterocycles. The van der Waals surface area contributed by atoms with Gasteiger partial charge in [0.05, 0.1) is 17.5 Å². The molecule has 1 aliphatic rings. The van der Waals surface area contributed by atoms with Crippen molar-refractivity contribution in [2.24, 2.45) is 0 Å². The van der Waals surface area contributed by atoms with Gasteiger partial charge in [-0.25, -0.2) is 0 Å². The highest BCUT2D eigenvalue weighted by Crippen LogP contribution is 2.27. The molecule has 0 spiro atoms. The number of nitrogens with zero attached hydrogens (tertiary/aromatic N) is 1. The summed E-state index contributed by atoms with van der Waals surface area (Å²) in [4.78, 5) is 0. The van der Waals surface area contributed by atoms with Gasteiger partial charge >= 0.3 is 0 Å². The minimum Gasteiger partial charge on any atom is -0.375 e. The lowest BCUT2D eigenvalue weighted by Crippen LogP contribution is -2.43. The third-order valence-electron chi connectivity index (χ3n) is 5.28. The second kappa shape index (κ2) is 7.67. The quantitative estimate of drug-likeness (QED) is 0.687. The Morgan fingerprint density at radius 3 is 2.48 bits per heavy atom. The topological polar surface area (TPSA) is 49.9 Å². The molecule has 2 N–H and O–H groups in total. The van der Waals surface area contributed by atoms with E-state index in [9.17, 15) is 0 Å². The first-order chi connectivity index (χ1) is 13.1. The highest BCUT2D eigenvalue weighted by Gasteiger charge is 2.28. The smallest absolute Gasteiger partial charge is 0.0695 e. The van der Waals surface area contributed by atoms with Crippen LogP contribution in [0.5, 0.6) is 0 Å². The van der Waals surface area contributed by atoms with Crippen LogP contribution in [0, 0.1) is 0 Å². The summed E-state index contributed by atoms with van der Waals surface area (Å²) in [6, 6.07) is 19.6. The van der Waals surface area contributed by atoms with Gasteiger partial charge in [-0.2, -0.15) is 5.10 Å². The van der Waals surface area contributed by atoms with Crippen LogP contribution in [0.25, 0.3) is 22.4 Å². The molecule has 0 radical (unpaired) electrons. The van der Waals surface area contributed by atoms with Crippen LogP contribution in [0.4, 0.5) is 0 Å². The highest BCUT2D eigenvalue weighted by atomic mass is 16.5. The summed E-state index contributed by atoms with van der Waals surface area (Å²) < 4.78 is 5.81. The molecular formula is C23H27N3O. The van der Waals surface area contributed by atoms with Gasteiger partial charge in [-0.05, 0) is 43.4 Å². The average molecular weight is 361 g/mol. The lowest BCUT2D eigenvalue weighted by Gasteiger charge is -2.36. The number of aromatic amines is 1. The van der Waals surface area contributed by atoms with E-state index in [1.165, 1.54) is 16.7 Å². The van der Waals surface area contributed by atoms with Gasteiger partial charge in [0.25, 0.3) is 0 Å². The second-order valence-electron chi connectivity index (χ2n) is 7.89. The maximum Gasteiger partial charge on any atom is 0.0695 e. The van der Waals surface area contributed by atoms with Crippen molar-refractivity contribution in [1.29, 1.82) is 0 Å². The molecule has 1 atom stereocenters. The Morgan fingerprint density at radius 2 is 1.74 bits per heavy atom. The van der Waals surface area contributed by atoms with Gasteiger partial charge in [0.2, 0.25) is 0 Å². The van der Waals surface area contributed by atoms with Crippen molar-refractivity contribution in [2.75, 3.05) is 6.61 Å². The van der Waals surface area contributed by atoms with Gasteiger partial charge in [0, 0.05) is 24.8 Å². The maximum atomic E-state index is 5.81. The summed E-state index contributed by atoms with van der Waals surface area (Å²) >= 11 is 0. The molecular weight excluding hydrogens is 334 g/mol. The summed E-state index contributed by atoms with van der Waals surface area (Å²) in [7, 11) is 0. The molecule has 1 aliphatic heterocycles. The number of aromatic nitrogens is 2. The molecule has 0 saturated carbocycles. The van der Waals surface area contributed by atoms with E-state index in [1.807, 2.05) is 12.3 Å². The molecule has 2 heterocycles. The van der Waals surface area contributed by atoms with Gasteiger partial charge < -0.3 is 10.1 Å². The Hall–Kier alpha value is -2.43. The molecule has 2 aromatic carbocycles. The van der Waals surface area contributed by atoms with Gasteiger partial charge in [0.15, 0.2) is 0 Å². The van der Waals surface area contributed by atoms with Crippen molar-refractivity contribution in [3.63, 3.8) is 0 Å². The summed E-state index contributed by atoms with van der Waals surface area (Å²) in [6.45, 7) is 5.97. The molecule has 4 heteroatoms. The highest BCUT2D eigenvalue weighted by molar-refractivity contribution is 5.69. The van der Waals surface area contributed by atoms with Crippen LogP contribution in [0.1, 0.15) is 32.3 Å². The second-order valence-corrected chi connectivity index (χ2v) is 7.89. The number of ether oxygens (including phenoxy) is 1. The largest absolute Gasteiger partial charge is 0.375 e. The first-order valence-corrected chi connectivity index (χ1v) is 9.66. The molecule has 4 rings (SSSR count). The zero-order valence-electron chi connectivity index (χ0n) is 16.0. The Bertz CT molecular complexity index is 868. The van der Waals surface area contributed by atoms with Crippen molar-refractivity contribution in [2.45, 2.75) is 44.9 Å². The Labute approximate surface area is 161 Å². The van der Waals surface area contributed by atoms with Crippen LogP contribution in [-0.4, -0.2) is 28.4 Å². The van der Waals surface area contributed by atoms with E-state index in [2.05, 4.69) is 77.9 Å². The molecule has 0 aliphatic carbocycles. The minimum atomic E-state index is -0.0393. The van der Waals surface area contributed by atoms with Crippen LogP contribution in [0.15, 0.2) is 60.8 Å². The summed E-state index contributed by atoms with van der Waals surface area (Å²) in [5.41, 5.74) is 5.87. The summed E-state index contributed by atoms with van der Waals surface area (Å²) in [5, 5.41) is 11.1. The van der Waals surface area contributed by atoms with Crippen molar-refractivity contribution in [3.05, 3.63) is 66.4 Å². The van der Waals surface area contributed by atoms with Crippen molar-refractivity contribution < 1.29 is 4.74 Å². The third-order valence-corrected chi connectivity index (χ3v) is 5.28. The Balaban J connectivity index is 1.45. The van der Waals surface area contributed by atoms with E-state index >= 15 is 0 Å². The number of hydrogen-bond donors (Lipinski definition) is 2. The standard InChI is InChI=1S/C23H27N3O/c1-23(2)14-21(12-13-27-23)24-15-20-16-25-26-22(20)19-10-8-18(9-11-19)17-6-4-3-5-7-17/h3-11,16,21,24H,12-15H2,1-2H3,(H,25,26). The van der Waals surface area contributed by atoms with Crippen LogP contribution in [0.2, 0.25) is 0 Å². The number of rotatable bonds is 5. The van der Waals surface area contributed by atoms with Crippen molar-refractivity contribution in [1.82, 2.24) is 15.5 Å². The van der Waals surface area contributed by atoms with Gasteiger partial charge in [-0.3, -0.25) is 5.10 Å². The van der Waals surface area contributed by atoms with E-state index in [0.717, 1.165) is 37.3 Å². The fourth-order valence-electron chi connectivity index (χ4n) is 3.82. The summed E-state index contributed by atoms with van der Waals surface area (Å²) in [5.74, 6) is 0. The zero-order chi connectivity index (χ0) is 18.7. The van der Waals surface area contributed by atoms with Crippen LogP contribution in [0.3, 0.4) is 0 Å². The lowest BCUT2D eigenvalue weighted by atomic mass is 9.94. The van der Waals surface area contributed by atoms with Gasteiger partial charge in [0.1, 0.15) is 0 Å². The van der Waals surface area contributed by atoms with Crippen LogP contribution >= 0.6 is 0 Å². The lowest BCUT2D eigenvalue weighted by molar-refractivity contribution is -0.0630. The number of benzene rings is 2. The molecule has 0 bridgehead atoms. The van der Waals surface area contributed by atoms with Crippen LogP contribution < -0.4 is 5.32 Å². The van der Waals surface area contributed by atoms with Crippen molar-refractivity contribution in [3.8, 4) is 22.4 Å². The molecule has 140 valence electrons. The molecule has 0 amide bonds.